The van der Waals surface area contributed by atoms with Crippen LogP contribution in [0.25, 0.3) is 0 Å². The molecule has 0 saturated heterocycles. The molecule has 0 aromatic heterocycles. The zero-order valence-corrected chi connectivity index (χ0v) is 19.0. The number of carbonyl (C=O) groups excluding carboxylic acids is 3. The van der Waals surface area contributed by atoms with Gasteiger partial charge in [-0.1, -0.05) is 26.8 Å². The van der Waals surface area contributed by atoms with Gasteiger partial charge in [-0.25, -0.2) is 0 Å². The van der Waals surface area contributed by atoms with Crippen LogP contribution < -0.4 is 0 Å². The molecule has 6 nitrogen and oxygen atoms in total. The number of Topliss-reactive ketones (excluding diaryl/α,β-unsaturated/α-hetero) is 1. The fourth-order valence-corrected chi connectivity index (χ4v) is 7.36. The van der Waals surface area contributed by atoms with Gasteiger partial charge in [0.1, 0.15) is 11.4 Å². The Labute approximate surface area is 187 Å². The van der Waals surface area contributed by atoms with Gasteiger partial charge >= 0.3 is 5.97 Å². The minimum absolute atomic E-state index is 0.136. The number of rotatable bonds is 3. The van der Waals surface area contributed by atoms with Crippen molar-refractivity contribution in [2.24, 2.45) is 34.5 Å². The summed E-state index contributed by atoms with van der Waals surface area (Å²) in [5, 5.41) is 23.0. The first-order chi connectivity index (χ1) is 14.4. The van der Waals surface area contributed by atoms with Crippen molar-refractivity contribution in [2.45, 2.75) is 52.2 Å². The van der Waals surface area contributed by atoms with Crippen molar-refractivity contribution in [3.05, 3.63) is 35.6 Å². The Kier molecular flexibility index (Phi) is 5.15. The molecule has 0 heterocycles. The summed E-state index contributed by atoms with van der Waals surface area (Å²) in [6.07, 6.45) is 6.54. The number of ketones is 2. The number of halogens is 1. The standard InChI is InChI=1S/C24H29ClO6/c1-12-7-16-15-9-19(31-13(2)26)17-8-14(27)5-6-22(17,3)21(15)18(28)10-23(16,4)24(12,30)20(29)11-25/h5-6,8-9,12,15-16,18,21,28,30H,7,10-11H2,1-4H3/t12-,15+,16+,18+,21-,22+,23+,24+/m1/s1. The van der Waals surface area contributed by atoms with Gasteiger partial charge < -0.3 is 14.9 Å². The average molecular weight is 449 g/mol. The van der Waals surface area contributed by atoms with Crippen molar-refractivity contribution in [1.29, 1.82) is 0 Å². The quantitative estimate of drug-likeness (QED) is 0.508. The Balaban J connectivity index is 1.90. The summed E-state index contributed by atoms with van der Waals surface area (Å²) < 4.78 is 5.52. The van der Waals surface area contributed by atoms with Crippen LogP contribution in [0.5, 0.6) is 0 Å². The molecule has 0 aromatic carbocycles. The zero-order chi connectivity index (χ0) is 22.9. The number of esters is 1. The van der Waals surface area contributed by atoms with Crippen LogP contribution in [-0.4, -0.2) is 45.3 Å². The molecule has 0 amide bonds. The summed E-state index contributed by atoms with van der Waals surface area (Å²) in [7, 11) is 0. The minimum Gasteiger partial charge on any atom is -0.427 e. The molecule has 7 heteroatoms. The van der Waals surface area contributed by atoms with Crippen molar-refractivity contribution >= 4 is 29.1 Å². The fourth-order valence-electron chi connectivity index (χ4n) is 7.16. The average Bonchev–Trinajstić information content (AvgIpc) is 2.89. The van der Waals surface area contributed by atoms with Gasteiger partial charge in [-0.3, -0.25) is 14.4 Å². The second-order valence-corrected chi connectivity index (χ2v) is 10.3. The summed E-state index contributed by atoms with van der Waals surface area (Å²) >= 11 is 5.87. The summed E-state index contributed by atoms with van der Waals surface area (Å²) in [6.45, 7) is 6.95. The second kappa shape index (κ2) is 7.12. The monoisotopic (exact) mass is 448 g/mol. The third-order valence-corrected chi connectivity index (χ3v) is 8.74. The van der Waals surface area contributed by atoms with Crippen LogP contribution in [0.2, 0.25) is 0 Å². The molecule has 0 aromatic rings. The van der Waals surface area contributed by atoms with E-state index in [0.717, 1.165) is 0 Å². The van der Waals surface area contributed by atoms with E-state index in [2.05, 4.69) is 0 Å². The summed E-state index contributed by atoms with van der Waals surface area (Å²) in [6, 6.07) is 0. The molecular weight excluding hydrogens is 420 g/mol. The van der Waals surface area contributed by atoms with Crippen molar-refractivity contribution in [3.63, 3.8) is 0 Å². The SMILES string of the molecule is CC(=O)OC1=C[C@@H]2[C@H]([C@@H](O)C[C@@]3(C)[C@H]2C[C@@H](C)[C@]3(O)C(=O)CCl)[C@@]2(C)C=CC(=O)C=C12. The highest BCUT2D eigenvalue weighted by Gasteiger charge is 2.70. The first-order valence-electron chi connectivity index (χ1n) is 10.8. The summed E-state index contributed by atoms with van der Waals surface area (Å²) in [5.41, 5.74) is -2.67. The lowest BCUT2D eigenvalue weighted by Crippen LogP contribution is -2.62. The largest absolute Gasteiger partial charge is 0.427 e. The summed E-state index contributed by atoms with van der Waals surface area (Å²) in [5.74, 6) is -2.12. The second-order valence-electron chi connectivity index (χ2n) is 10.1. The third kappa shape index (κ3) is 2.87. The van der Waals surface area contributed by atoms with Crippen LogP contribution in [0.15, 0.2) is 35.6 Å². The van der Waals surface area contributed by atoms with Gasteiger partial charge in [0.05, 0.1) is 12.0 Å². The normalized spacial score (nSPS) is 45.8. The molecule has 0 spiro atoms. The van der Waals surface area contributed by atoms with E-state index >= 15 is 0 Å². The molecule has 2 fully saturated rings. The highest BCUT2D eigenvalue weighted by Crippen LogP contribution is 2.67. The number of allylic oxidation sites excluding steroid dienone is 5. The highest BCUT2D eigenvalue weighted by molar-refractivity contribution is 6.29. The third-order valence-electron chi connectivity index (χ3n) is 8.50. The molecule has 2 N–H and O–H groups in total. The van der Waals surface area contributed by atoms with E-state index in [4.69, 9.17) is 16.3 Å². The molecule has 0 bridgehead atoms. The molecule has 0 unspecified atom stereocenters. The molecule has 0 aliphatic heterocycles. The van der Waals surface area contributed by atoms with Gasteiger partial charge in [0.25, 0.3) is 0 Å². The Morgan fingerprint density at radius 2 is 2.00 bits per heavy atom. The van der Waals surface area contributed by atoms with Crippen molar-refractivity contribution in [1.82, 2.24) is 0 Å². The number of ether oxygens (including phenoxy) is 1. The predicted molar refractivity (Wildman–Crippen MR) is 114 cm³/mol. The zero-order valence-electron chi connectivity index (χ0n) is 18.2. The Hall–Kier alpha value is -1.76. The lowest BCUT2D eigenvalue weighted by molar-refractivity contribution is -0.174. The van der Waals surface area contributed by atoms with Crippen LogP contribution in [0, 0.1) is 34.5 Å². The van der Waals surface area contributed by atoms with Gasteiger partial charge in [0.2, 0.25) is 0 Å². The summed E-state index contributed by atoms with van der Waals surface area (Å²) in [4.78, 5) is 36.8. The Morgan fingerprint density at radius 1 is 1.32 bits per heavy atom. The molecule has 4 aliphatic rings. The first-order valence-corrected chi connectivity index (χ1v) is 11.3. The lowest BCUT2D eigenvalue weighted by atomic mass is 9.47. The fraction of sp³-hybridized carbons (Fsp3) is 0.625. The predicted octanol–water partition coefficient (Wildman–Crippen LogP) is 2.72. The first kappa shape index (κ1) is 22.4. The number of hydrogen-bond donors (Lipinski definition) is 2. The van der Waals surface area contributed by atoms with Crippen molar-refractivity contribution < 1.29 is 29.3 Å². The number of carbonyl (C=O) groups is 3. The van der Waals surface area contributed by atoms with Gasteiger partial charge in [-0.15, -0.1) is 11.6 Å². The van der Waals surface area contributed by atoms with Crippen LogP contribution in [0.1, 0.15) is 40.5 Å². The molecule has 2 saturated carbocycles. The molecule has 8 atom stereocenters. The van der Waals surface area contributed by atoms with Gasteiger partial charge in [-0.05, 0) is 48.8 Å². The van der Waals surface area contributed by atoms with Gasteiger partial charge in [-0.2, -0.15) is 0 Å². The molecule has 31 heavy (non-hydrogen) atoms. The van der Waals surface area contributed by atoms with Crippen molar-refractivity contribution in [3.8, 4) is 0 Å². The smallest absolute Gasteiger partial charge is 0.308 e. The number of aliphatic hydroxyl groups excluding tert-OH is 1. The highest BCUT2D eigenvalue weighted by atomic mass is 35.5. The molecular formula is C24H29ClO6. The van der Waals surface area contributed by atoms with Crippen LogP contribution in [0.4, 0.5) is 0 Å². The van der Waals surface area contributed by atoms with Crippen LogP contribution in [-0.2, 0) is 19.1 Å². The number of aliphatic hydroxyl groups is 2. The number of hydrogen-bond acceptors (Lipinski definition) is 6. The minimum atomic E-state index is -1.64. The van der Waals surface area contributed by atoms with E-state index in [9.17, 15) is 24.6 Å². The maximum Gasteiger partial charge on any atom is 0.308 e. The van der Waals surface area contributed by atoms with E-state index in [-0.39, 0.29) is 41.8 Å². The number of alkyl halides is 1. The molecule has 168 valence electrons. The molecule has 4 rings (SSSR count). The maximum absolute atomic E-state index is 12.8. The van der Waals surface area contributed by atoms with E-state index < -0.39 is 34.3 Å². The molecule has 0 radical (unpaired) electrons. The van der Waals surface area contributed by atoms with E-state index in [1.165, 1.54) is 19.1 Å². The van der Waals surface area contributed by atoms with Crippen molar-refractivity contribution in [2.75, 3.05) is 5.88 Å². The molecule has 4 aliphatic carbocycles. The topological polar surface area (TPSA) is 101 Å². The maximum atomic E-state index is 12.8. The van der Waals surface area contributed by atoms with E-state index in [0.29, 0.717) is 17.8 Å². The van der Waals surface area contributed by atoms with E-state index in [1.807, 2.05) is 26.8 Å². The Morgan fingerprint density at radius 3 is 2.61 bits per heavy atom. The van der Waals surface area contributed by atoms with Crippen LogP contribution >= 0.6 is 11.6 Å². The van der Waals surface area contributed by atoms with Gasteiger partial charge in [0.15, 0.2) is 11.6 Å². The lowest BCUT2D eigenvalue weighted by Gasteiger charge is -2.58. The van der Waals surface area contributed by atoms with Gasteiger partial charge in [0, 0.05) is 29.2 Å². The Bertz CT molecular complexity index is 950. The van der Waals surface area contributed by atoms with E-state index in [1.54, 1.807) is 6.08 Å². The van der Waals surface area contributed by atoms with Crippen LogP contribution in [0.3, 0.4) is 0 Å². The number of fused-ring (bicyclic) bond motifs is 5.